The van der Waals surface area contributed by atoms with E-state index in [2.05, 4.69) is 51.1 Å². The highest BCUT2D eigenvalue weighted by Gasteiger charge is 2.46. The number of benzene rings is 1. The third-order valence-corrected chi connectivity index (χ3v) is 13.7. The second-order valence-corrected chi connectivity index (χ2v) is 15.1. The highest BCUT2D eigenvalue weighted by molar-refractivity contribution is 6.82. The molecule has 2 heterocycles. The Morgan fingerprint density at radius 1 is 1.10 bits per heavy atom. The first kappa shape index (κ1) is 22.0. The highest BCUT2D eigenvalue weighted by atomic mass is 28.3. The fourth-order valence-corrected chi connectivity index (χ4v) is 12.5. The van der Waals surface area contributed by atoms with E-state index < -0.39 is 20.4 Å². The molecule has 0 spiro atoms. The summed E-state index contributed by atoms with van der Waals surface area (Å²) in [7, 11) is -2.18. The van der Waals surface area contributed by atoms with E-state index >= 15 is 8.78 Å². The van der Waals surface area contributed by atoms with Crippen molar-refractivity contribution in [1.29, 1.82) is 0 Å². The zero-order valence-electron chi connectivity index (χ0n) is 18.4. The maximum Gasteiger partial charge on any atom is 0.220 e. The van der Waals surface area contributed by atoms with Crippen LogP contribution in [0.25, 0.3) is 10.9 Å². The number of nitrogens with zero attached hydrogens (tertiary/aromatic N) is 1. The van der Waals surface area contributed by atoms with Gasteiger partial charge >= 0.3 is 0 Å². The lowest BCUT2D eigenvalue weighted by Crippen LogP contribution is -2.51. The topological polar surface area (TPSA) is 34.0 Å². The lowest BCUT2D eigenvalue weighted by Gasteiger charge is -2.44. The number of rotatable bonds is 6. The van der Waals surface area contributed by atoms with Crippen LogP contribution in [0, 0.1) is 5.82 Å². The van der Waals surface area contributed by atoms with E-state index in [1.807, 2.05) is 12.3 Å². The van der Waals surface area contributed by atoms with Crippen LogP contribution in [0.3, 0.4) is 0 Å². The molecule has 2 aromatic rings. The standard InChI is InChI=1S/C23H34F2N2OSi/c1-14(2)29(15(3)4,16(5)6)27-13-17(22-18(24)9-7-11-20(22)27)23(25)19-10-8-12-21(28)26-19/h7,9,11,13-16,19,23H,8,10,12H2,1-6H3,(H,26,28)/t19-,23?/m0/s1. The van der Waals surface area contributed by atoms with Gasteiger partial charge in [0, 0.05) is 29.1 Å². The van der Waals surface area contributed by atoms with Gasteiger partial charge in [-0.2, -0.15) is 0 Å². The van der Waals surface area contributed by atoms with Crippen molar-refractivity contribution in [2.75, 3.05) is 0 Å². The molecular formula is C23H34F2N2OSi. The number of hydrogen-bond acceptors (Lipinski definition) is 1. The Labute approximate surface area is 174 Å². The number of halogens is 2. The Morgan fingerprint density at radius 3 is 2.28 bits per heavy atom. The van der Waals surface area contributed by atoms with Crippen molar-refractivity contribution in [3.63, 3.8) is 0 Å². The summed E-state index contributed by atoms with van der Waals surface area (Å²) in [6.07, 6.45) is 2.14. The summed E-state index contributed by atoms with van der Waals surface area (Å²) < 4.78 is 33.0. The summed E-state index contributed by atoms with van der Waals surface area (Å²) in [6.45, 7) is 13.4. The minimum Gasteiger partial charge on any atom is -0.373 e. The number of nitrogens with one attached hydrogen (secondary N) is 1. The largest absolute Gasteiger partial charge is 0.373 e. The van der Waals surface area contributed by atoms with Crippen molar-refractivity contribution < 1.29 is 13.6 Å². The summed E-state index contributed by atoms with van der Waals surface area (Å²) >= 11 is 0. The lowest BCUT2D eigenvalue weighted by atomic mass is 9.95. The van der Waals surface area contributed by atoms with E-state index in [1.165, 1.54) is 6.07 Å². The fraction of sp³-hybridized carbons (Fsp3) is 0.609. The van der Waals surface area contributed by atoms with Gasteiger partial charge in [0.25, 0.3) is 0 Å². The Kier molecular flexibility index (Phi) is 6.23. The quantitative estimate of drug-likeness (QED) is 0.533. The Bertz CT molecular complexity index is 869. The first-order valence-electron chi connectivity index (χ1n) is 10.9. The van der Waals surface area contributed by atoms with Crippen LogP contribution in [0.5, 0.6) is 0 Å². The molecule has 1 amide bonds. The summed E-state index contributed by atoms with van der Waals surface area (Å²) in [5.74, 6) is -0.511. The third-order valence-electron chi connectivity index (χ3n) is 6.92. The van der Waals surface area contributed by atoms with E-state index in [4.69, 9.17) is 0 Å². The lowest BCUT2D eigenvalue weighted by molar-refractivity contribution is -0.124. The summed E-state index contributed by atoms with van der Waals surface area (Å²) in [5.41, 5.74) is 2.38. The van der Waals surface area contributed by atoms with Gasteiger partial charge in [0.15, 0.2) is 8.24 Å². The van der Waals surface area contributed by atoms with Crippen LogP contribution in [0.1, 0.15) is 72.5 Å². The minimum atomic E-state index is -2.18. The van der Waals surface area contributed by atoms with Crippen LogP contribution in [-0.4, -0.2) is 24.4 Å². The summed E-state index contributed by atoms with van der Waals surface area (Å²) in [6, 6.07) is 4.45. The summed E-state index contributed by atoms with van der Waals surface area (Å²) in [5, 5.41) is 3.15. The van der Waals surface area contributed by atoms with Gasteiger partial charge in [-0.15, -0.1) is 0 Å². The summed E-state index contributed by atoms with van der Waals surface area (Å²) in [4.78, 5) is 11.8. The third kappa shape index (κ3) is 3.54. The first-order valence-corrected chi connectivity index (χ1v) is 13.0. The smallest absolute Gasteiger partial charge is 0.220 e. The predicted octanol–water partition coefficient (Wildman–Crippen LogP) is 6.48. The molecule has 1 aliphatic rings. The van der Waals surface area contributed by atoms with Crippen LogP contribution < -0.4 is 5.32 Å². The number of amides is 1. The van der Waals surface area contributed by atoms with Crippen molar-refractivity contribution in [1.82, 2.24) is 9.55 Å². The molecule has 1 unspecified atom stereocenters. The number of carbonyl (C=O) groups is 1. The van der Waals surface area contributed by atoms with Crippen molar-refractivity contribution in [3.05, 3.63) is 35.8 Å². The number of hydrogen-bond donors (Lipinski definition) is 1. The maximum atomic E-state index is 15.7. The van der Waals surface area contributed by atoms with Gasteiger partial charge in [-0.25, -0.2) is 8.78 Å². The second-order valence-electron chi connectivity index (χ2n) is 9.41. The van der Waals surface area contributed by atoms with Gasteiger partial charge in [0.1, 0.15) is 12.0 Å². The van der Waals surface area contributed by atoms with Crippen LogP contribution in [-0.2, 0) is 4.79 Å². The minimum absolute atomic E-state index is 0.122. The average molecular weight is 421 g/mol. The van der Waals surface area contributed by atoms with Crippen LogP contribution >= 0.6 is 0 Å². The number of alkyl halides is 1. The molecule has 1 saturated heterocycles. The number of piperidine rings is 1. The molecule has 3 nitrogen and oxygen atoms in total. The van der Waals surface area contributed by atoms with Crippen molar-refractivity contribution in [3.8, 4) is 0 Å². The first-order chi connectivity index (χ1) is 13.6. The van der Waals surface area contributed by atoms with E-state index in [0.29, 0.717) is 46.8 Å². The van der Waals surface area contributed by atoms with E-state index in [-0.39, 0.29) is 11.7 Å². The molecule has 1 N–H and O–H groups in total. The molecule has 160 valence electrons. The molecule has 2 atom stereocenters. The van der Waals surface area contributed by atoms with E-state index in [0.717, 1.165) is 5.52 Å². The van der Waals surface area contributed by atoms with E-state index in [9.17, 15) is 4.79 Å². The van der Waals surface area contributed by atoms with Gasteiger partial charge in [-0.3, -0.25) is 4.79 Å². The van der Waals surface area contributed by atoms with Crippen LogP contribution in [0.4, 0.5) is 8.78 Å². The van der Waals surface area contributed by atoms with Crippen molar-refractivity contribution in [2.45, 2.75) is 89.6 Å². The fourth-order valence-electron chi connectivity index (χ4n) is 5.91. The highest BCUT2D eigenvalue weighted by Crippen LogP contribution is 2.46. The van der Waals surface area contributed by atoms with Gasteiger partial charge < -0.3 is 9.55 Å². The molecule has 0 aliphatic carbocycles. The molecule has 1 aromatic heterocycles. The van der Waals surface area contributed by atoms with Gasteiger partial charge in [0.05, 0.1) is 6.04 Å². The van der Waals surface area contributed by atoms with Gasteiger partial charge in [-0.05, 0) is 41.6 Å². The van der Waals surface area contributed by atoms with Gasteiger partial charge in [0.2, 0.25) is 5.91 Å². The van der Waals surface area contributed by atoms with Crippen LogP contribution in [0.2, 0.25) is 16.6 Å². The zero-order valence-corrected chi connectivity index (χ0v) is 19.4. The molecule has 0 radical (unpaired) electrons. The van der Waals surface area contributed by atoms with Crippen LogP contribution in [0.15, 0.2) is 24.4 Å². The molecule has 1 aromatic carbocycles. The molecule has 6 heteroatoms. The molecule has 0 bridgehead atoms. The SMILES string of the molecule is CC(C)[Si](C(C)C)(C(C)C)n1cc(C(F)[C@@H]2CCCC(=O)N2)c2c(F)cccc21. The van der Waals surface area contributed by atoms with Crippen molar-refractivity contribution in [2.24, 2.45) is 0 Å². The molecule has 1 fully saturated rings. The average Bonchev–Trinajstić information content (AvgIpc) is 3.02. The number of carbonyl (C=O) groups excluding carboxylic acids is 1. The molecule has 0 saturated carbocycles. The second kappa shape index (κ2) is 8.21. The number of fused-ring (bicyclic) bond motifs is 1. The van der Waals surface area contributed by atoms with Crippen molar-refractivity contribution >= 4 is 25.0 Å². The zero-order chi connectivity index (χ0) is 21.5. The van der Waals surface area contributed by atoms with Gasteiger partial charge in [-0.1, -0.05) is 47.6 Å². The molecule has 3 rings (SSSR count). The maximum absolute atomic E-state index is 15.7. The normalized spacial score (nSPS) is 19.4. The molecule has 1 aliphatic heterocycles. The predicted molar refractivity (Wildman–Crippen MR) is 118 cm³/mol. The monoisotopic (exact) mass is 420 g/mol. The molecular weight excluding hydrogens is 386 g/mol. The number of aromatic nitrogens is 1. The Morgan fingerprint density at radius 2 is 1.72 bits per heavy atom. The molecule has 29 heavy (non-hydrogen) atoms. The van der Waals surface area contributed by atoms with E-state index in [1.54, 1.807) is 6.07 Å². The Balaban J connectivity index is 2.25. The Hall–Kier alpha value is -1.69.